The van der Waals surface area contributed by atoms with Gasteiger partial charge in [-0.3, -0.25) is 4.79 Å². The van der Waals surface area contributed by atoms with Crippen LogP contribution in [0, 0.1) is 0 Å². The fraction of sp³-hybridized carbons (Fsp3) is 0.200. The summed E-state index contributed by atoms with van der Waals surface area (Å²) in [7, 11) is 3.69. The molecule has 0 atom stereocenters. The lowest BCUT2D eigenvalue weighted by atomic mass is 10.3. The zero-order valence-electron chi connectivity index (χ0n) is 12.7. The van der Waals surface area contributed by atoms with Crippen LogP contribution in [0.2, 0.25) is 0 Å². The van der Waals surface area contributed by atoms with Gasteiger partial charge in [0.15, 0.2) is 5.82 Å². The maximum absolute atomic E-state index is 12.0. The minimum Gasteiger partial charge on any atom is -0.309 e. The third kappa shape index (κ3) is 3.98. The van der Waals surface area contributed by atoms with Gasteiger partial charge in [0.25, 0.3) is 0 Å². The van der Waals surface area contributed by atoms with E-state index in [0.717, 1.165) is 9.88 Å². The van der Waals surface area contributed by atoms with Crippen LogP contribution in [0.4, 0.5) is 5.82 Å². The van der Waals surface area contributed by atoms with Crippen LogP contribution in [0.1, 0.15) is 0 Å². The number of carbonyl (C=O) groups is 1. The summed E-state index contributed by atoms with van der Waals surface area (Å²) < 4.78 is 0. The first kappa shape index (κ1) is 15.7. The summed E-state index contributed by atoms with van der Waals surface area (Å²) in [6, 6.07) is 5.66. The Kier molecular flexibility index (Phi) is 4.75. The number of hydrogen-bond donors (Lipinski definition) is 1. The maximum atomic E-state index is 12.0. The quantitative estimate of drug-likeness (QED) is 0.770. The molecule has 0 aliphatic carbocycles. The van der Waals surface area contributed by atoms with E-state index in [0.29, 0.717) is 23.9 Å². The molecule has 0 aromatic carbocycles. The summed E-state index contributed by atoms with van der Waals surface area (Å²) in [5, 5.41) is 7.49. The highest BCUT2D eigenvalue weighted by atomic mass is 32.1. The predicted molar refractivity (Wildman–Crippen MR) is 93.6 cm³/mol. The molecular weight excluding hydrogens is 330 g/mol. The lowest BCUT2D eigenvalue weighted by Gasteiger charge is -2.11. The topological polar surface area (TPSA) is 71.0 Å². The maximum Gasteiger partial charge on any atom is 0.239 e. The third-order valence-corrected chi connectivity index (χ3v) is 4.51. The zero-order valence-corrected chi connectivity index (χ0v) is 14.3. The number of thiophene rings is 1. The Morgan fingerprint density at radius 3 is 2.78 bits per heavy atom. The largest absolute Gasteiger partial charge is 0.309 e. The molecule has 3 aromatic heterocycles. The molecule has 23 heavy (non-hydrogen) atoms. The number of anilines is 1. The number of amides is 1. The Morgan fingerprint density at radius 2 is 2.13 bits per heavy atom. The predicted octanol–water partition coefficient (Wildman–Crippen LogP) is 2.83. The van der Waals surface area contributed by atoms with Crippen molar-refractivity contribution in [3.05, 3.63) is 35.2 Å². The molecule has 0 saturated heterocycles. The van der Waals surface area contributed by atoms with Crippen molar-refractivity contribution in [1.82, 2.24) is 19.9 Å². The fourth-order valence-electron chi connectivity index (χ4n) is 1.96. The number of nitrogens with zero attached hydrogens (tertiary/aromatic N) is 4. The summed E-state index contributed by atoms with van der Waals surface area (Å²) in [4.78, 5) is 28.1. The van der Waals surface area contributed by atoms with E-state index in [4.69, 9.17) is 0 Å². The normalized spacial score (nSPS) is 10.9. The minimum absolute atomic E-state index is 0.115. The first-order chi connectivity index (χ1) is 11.1. The lowest BCUT2D eigenvalue weighted by Crippen LogP contribution is -2.27. The number of thiazole rings is 1. The van der Waals surface area contributed by atoms with Gasteiger partial charge >= 0.3 is 0 Å². The number of nitrogens with one attached hydrogen (secondary N) is 1. The van der Waals surface area contributed by atoms with Crippen LogP contribution in [0.5, 0.6) is 0 Å². The van der Waals surface area contributed by atoms with Crippen LogP contribution >= 0.6 is 22.7 Å². The molecular formula is C15H15N5OS2. The van der Waals surface area contributed by atoms with Gasteiger partial charge in [0.2, 0.25) is 5.91 Å². The molecule has 1 amide bonds. The summed E-state index contributed by atoms with van der Waals surface area (Å²) in [6.45, 7) is 0.297. The second-order valence-electron chi connectivity index (χ2n) is 5.06. The number of aromatic nitrogens is 3. The molecule has 0 fully saturated rings. The molecule has 0 aliphatic rings. The van der Waals surface area contributed by atoms with Gasteiger partial charge in [-0.25, -0.2) is 15.0 Å². The van der Waals surface area contributed by atoms with E-state index >= 15 is 0 Å². The van der Waals surface area contributed by atoms with Crippen LogP contribution in [0.3, 0.4) is 0 Å². The molecule has 3 heterocycles. The van der Waals surface area contributed by atoms with Gasteiger partial charge in [0, 0.05) is 17.6 Å². The van der Waals surface area contributed by atoms with Crippen molar-refractivity contribution in [3.8, 4) is 21.4 Å². The summed E-state index contributed by atoms with van der Waals surface area (Å²) in [6.07, 6.45) is 1.73. The zero-order chi connectivity index (χ0) is 16.2. The Balaban J connectivity index is 1.96. The fourth-order valence-corrected chi connectivity index (χ4v) is 3.21. The van der Waals surface area contributed by atoms with Crippen molar-refractivity contribution in [2.75, 3.05) is 26.0 Å². The number of hydrogen-bond acceptors (Lipinski definition) is 7. The van der Waals surface area contributed by atoms with E-state index < -0.39 is 0 Å². The van der Waals surface area contributed by atoms with Gasteiger partial charge in [-0.15, -0.1) is 22.7 Å². The van der Waals surface area contributed by atoms with Crippen molar-refractivity contribution >= 4 is 34.4 Å². The van der Waals surface area contributed by atoms with Gasteiger partial charge in [-0.05, 0) is 25.5 Å². The molecule has 6 nitrogen and oxygen atoms in total. The molecule has 3 aromatic rings. The Hall–Kier alpha value is -2.16. The monoisotopic (exact) mass is 345 g/mol. The van der Waals surface area contributed by atoms with E-state index in [1.165, 1.54) is 11.3 Å². The molecule has 118 valence electrons. The van der Waals surface area contributed by atoms with E-state index in [1.54, 1.807) is 28.5 Å². The molecule has 0 spiro atoms. The second-order valence-corrected chi connectivity index (χ2v) is 6.90. The van der Waals surface area contributed by atoms with Gasteiger partial charge < -0.3 is 10.2 Å². The van der Waals surface area contributed by atoms with Crippen molar-refractivity contribution in [3.63, 3.8) is 0 Å². The minimum atomic E-state index is -0.115. The van der Waals surface area contributed by atoms with Crippen molar-refractivity contribution in [1.29, 1.82) is 0 Å². The molecule has 3 rings (SSSR count). The second kappa shape index (κ2) is 6.95. The molecule has 0 saturated carbocycles. The first-order valence-corrected chi connectivity index (χ1v) is 8.65. The lowest BCUT2D eigenvalue weighted by molar-refractivity contribution is -0.116. The smallest absolute Gasteiger partial charge is 0.239 e. The van der Waals surface area contributed by atoms with Crippen molar-refractivity contribution in [2.45, 2.75) is 0 Å². The highest BCUT2D eigenvalue weighted by Gasteiger charge is 2.13. The van der Waals surface area contributed by atoms with Crippen LogP contribution < -0.4 is 5.32 Å². The van der Waals surface area contributed by atoms with Gasteiger partial charge in [0.1, 0.15) is 16.5 Å². The van der Waals surface area contributed by atoms with Crippen LogP contribution in [-0.4, -0.2) is 46.4 Å². The number of carbonyl (C=O) groups excluding carboxylic acids is 1. The van der Waals surface area contributed by atoms with E-state index in [2.05, 4.69) is 20.3 Å². The molecule has 0 radical (unpaired) electrons. The highest BCUT2D eigenvalue weighted by molar-refractivity contribution is 7.13. The van der Waals surface area contributed by atoms with Gasteiger partial charge in [-0.1, -0.05) is 6.07 Å². The van der Waals surface area contributed by atoms with Gasteiger partial charge in [0.05, 0.1) is 11.4 Å². The molecule has 0 aliphatic heterocycles. The van der Waals surface area contributed by atoms with Crippen molar-refractivity contribution < 1.29 is 4.79 Å². The average molecular weight is 345 g/mol. The highest BCUT2D eigenvalue weighted by Crippen LogP contribution is 2.27. The Morgan fingerprint density at radius 1 is 1.26 bits per heavy atom. The Labute approximate surface area is 141 Å². The van der Waals surface area contributed by atoms with E-state index in [9.17, 15) is 4.79 Å². The summed E-state index contributed by atoms with van der Waals surface area (Å²) in [5.41, 5.74) is 0.707. The molecule has 0 bridgehead atoms. The summed E-state index contributed by atoms with van der Waals surface area (Å²) >= 11 is 3.06. The standard InChI is InChI=1S/C15H15N5OS2/c1-20(2)9-13(21)18-12-8-10(15-16-5-7-23-15)17-14(19-12)11-4-3-6-22-11/h3-8H,9H2,1-2H3,(H,17,18,19,21). The van der Waals surface area contributed by atoms with E-state index in [1.807, 2.05) is 37.0 Å². The van der Waals surface area contributed by atoms with Crippen molar-refractivity contribution in [2.24, 2.45) is 0 Å². The Bertz CT molecular complexity index is 732. The summed E-state index contributed by atoms with van der Waals surface area (Å²) in [5.74, 6) is 0.962. The molecule has 8 heteroatoms. The third-order valence-electron chi connectivity index (χ3n) is 2.85. The van der Waals surface area contributed by atoms with Crippen LogP contribution in [0.25, 0.3) is 21.4 Å². The first-order valence-electron chi connectivity index (χ1n) is 6.89. The van der Waals surface area contributed by atoms with E-state index in [-0.39, 0.29) is 5.91 Å². The average Bonchev–Trinajstić information content (AvgIpc) is 3.20. The number of likely N-dealkylation sites (N-methyl/N-ethyl adjacent to an activating group) is 1. The van der Waals surface area contributed by atoms with Crippen LogP contribution in [-0.2, 0) is 4.79 Å². The van der Waals surface area contributed by atoms with Crippen LogP contribution in [0.15, 0.2) is 35.2 Å². The SMILES string of the molecule is CN(C)CC(=O)Nc1cc(-c2nccs2)nc(-c2cccs2)n1. The van der Waals surface area contributed by atoms with Gasteiger partial charge in [-0.2, -0.15) is 0 Å². The molecule has 0 unspecified atom stereocenters. The molecule has 1 N–H and O–H groups in total. The number of rotatable bonds is 5.